The lowest BCUT2D eigenvalue weighted by Crippen LogP contribution is -2.19. The van der Waals surface area contributed by atoms with Crippen molar-refractivity contribution in [1.82, 2.24) is 0 Å². The van der Waals surface area contributed by atoms with Gasteiger partial charge >= 0.3 is 0 Å². The predicted molar refractivity (Wildman–Crippen MR) is 137 cm³/mol. The van der Waals surface area contributed by atoms with Crippen LogP contribution in [0.5, 0.6) is 0 Å². The van der Waals surface area contributed by atoms with E-state index in [0.717, 1.165) is 26.1 Å². The maximum atomic E-state index is 6.07. The molecule has 0 amide bonds. The molecule has 0 heterocycles. The fourth-order valence-corrected chi connectivity index (χ4v) is 3.76. The fourth-order valence-electron chi connectivity index (χ4n) is 3.76. The fraction of sp³-hybridized carbons (Fsp3) is 0.929. The van der Waals surface area contributed by atoms with Crippen molar-refractivity contribution >= 4 is 0 Å². The van der Waals surface area contributed by atoms with Crippen LogP contribution in [0.3, 0.4) is 0 Å². The molecule has 0 spiro atoms. The van der Waals surface area contributed by atoms with Crippen molar-refractivity contribution in [3.63, 3.8) is 0 Å². The molecule has 4 nitrogen and oxygen atoms in total. The second-order valence-corrected chi connectivity index (χ2v) is 9.00. The number of methoxy groups -OCH3 is 1. The minimum absolute atomic E-state index is 0.0206. The van der Waals surface area contributed by atoms with Gasteiger partial charge in [-0.3, -0.25) is 0 Å². The van der Waals surface area contributed by atoms with Gasteiger partial charge in [0, 0.05) is 20.3 Å². The summed E-state index contributed by atoms with van der Waals surface area (Å²) in [5.41, 5.74) is 0. The lowest BCUT2D eigenvalue weighted by molar-refractivity contribution is -0.148. The first-order valence-electron chi connectivity index (χ1n) is 13.8. The zero-order valence-electron chi connectivity index (χ0n) is 21.9. The average molecular weight is 457 g/mol. The molecule has 0 N–H and O–H groups in total. The van der Waals surface area contributed by atoms with Crippen LogP contribution in [0.4, 0.5) is 0 Å². The Bertz CT molecular complexity index is 345. The van der Waals surface area contributed by atoms with Gasteiger partial charge in [0.15, 0.2) is 13.1 Å². The largest absolute Gasteiger partial charge is 0.476 e. The van der Waals surface area contributed by atoms with Crippen LogP contribution in [0.25, 0.3) is 0 Å². The minimum atomic E-state index is 0.0206. The van der Waals surface area contributed by atoms with E-state index in [1.165, 1.54) is 109 Å². The average Bonchev–Trinajstić information content (AvgIpc) is 2.80. The van der Waals surface area contributed by atoms with E-state index in [0.29, 0.717) is 6.79 Å². The summed E-state index contributed by atoms with van der Waals surface area (Å²) in [5.74, 6) is 0. The molecule has 32 heavy (non-hydrogen) atoms. The van der Waals surface area contributed by atoms with Gasteiger partial charge in [-0.05, 0) is 44.6 Å². The second kappa shape index (κ2) is 28.5. The highest BCUT2D eigenvalue weighted by molar-refractivity contribution is 4.72. The van der Waals surface area contributed by atoms with E-state index in [1.54, 1.807) is 13.4 Å². The number of unbranched alkanes of at least 4 members (excludes halogenated alkanes) is 15. The van der Waals surface area contributed by atoms with Crippen molar-refractivity contribution in [2.24, 2.45) is 0 Å². The maximum absolute atomic E-state index is 6.07. The highest BCUT2D eigenvalue weighted by atomic mass is 16.7. The third-order valence-corrected chi connectivity index (χ3v) is 5.79. The van der Waals surface area contributed by atoms with Crippen molar-refractivity contribution < 1.29 is 18.9 Å². The molecule has 0 unspecified atom stereocenters. The molecule has 0 aliphatic carbocycles. The molecule has 0 aromatic rings. The molecule has 4 heteroatoms. The van der Waals surface area contributed by atoms with E-state index >= 15 is 0 Å². The molecule has 0 atom stereocenters. The Morgan fingerprint density at radius 3 is 1.62 bits per heavy atom. The summed E-state index contributed by atoms with van der Waals surface area (Å²) in [6.45, 7) is 6.56. The number of allylic oxidation sites excluding steroid dienone is 1. The quantitative estimate of drug-likeness (QED) is 0.0702. The Morgan fingerprint density at radius 2 is 1.09 bits per heavy atom. The highest BCUT2D eigenvalue weighted by Gasteiger charge is 2.09. The summed E-state index contributed by atoms with van der Waals surface area (Å²) in [5, 5.41) is 0. The summed E-state index contributed by atoms with van der Waals surface area (Å²) >= 11 is 0. The molecule has 0 saturated heterocycles. The summed E-state index contributed by atoms with van der Waals surface area (Å²) < 4.78 is 22.1. The number of rotatable bonds is 27. The topological polar surface area (TPSA) is 36.9 Å². The van der Waals surface area contributed by atoms with Gasteiger partial charge in [0.05, 0.1) is 6.26 Å². The summed E-state index contributed by atoms with van der Waals surface area (Å²) in [4.78, 5) is 0. The zero-order chi connectivity index (χ0) is 23.4. The monoisotopic (exact) mass is 456 g/mol. The van der Waals surface area contributed by atoms with Crippen LogP contribution in [-0.2, 0) is 18.9 Å². The van der Waals surface area contributed by atoms with Crippen LogP contribution in [0.1, 0.15) is 136 Å². The first-order valence-corrected chi connectivity index (χ1v) is 13.8. The van der Waals surface area contributed by atoms with Crippen molar-refractivity contribution in [2.75, 3.05) is 27.1 Å². The predicted octanol–water partition coefficient (Wildman–Crippen LogP) is 8.93. The van der Waals surface area contributed by atoms with Crippen LogP contribution in [0, 0.1) is 0 Å². The van der Waals surface area contributed by atoms with Crippen LogP contribution < -0.4 is 0 Å². The smallest absolute Gasteiger partial charge is 0.187 e. The van der Waals surface area contributed by atoms with Crippen LogP contribution in [0.2, 0.25) is 0 Å². The summed E-state index contributed by atoms with van der Waals surface area (Å²) in [6.07, 6.45) is 28.0. The molecular formula is C28H56O4. The third kappa shape index (κ3) is 25.7. The zero-order valence-corrected chi connectivity index (χ0v) is 21.9. The Morgan fingerprint density at radius 1 is 0.594 bits per heavy atom. The van der Waals surface area contributed by atoms with Gasteiger partial charge in [0.25, 0.3) is 0 Å². The normalized spacial score (nSPS) is 11.8. The Kier molecular flexibility index (Phi) is 27.9. The third-order valence-electron chi connectivity index (χ3n) is 5.79. The maximum Gasteiger partial charge on any atom is 0.187 e. The van der Waals surface area contributed by atoms with E-state index in [2.05, 4.69) is 19.9 Å². The van der Waals surface area contributed by atoms with E-state index in [-0.39, 0.29) is 6.29 Å². The molecule has 0 radical (unpaired) electrons. The molecule has 0 bridgehead atoms. The van der Waals surface area contributed by atoms with Crippen LogP contribution >= 0.6 is 0 Å². The van der Waals surface area contributed by atoms with Gasteiger partial charge < -0.3 is 18.9 Å². The van der Waals surface area contributed by atoms with Crippen molar-refractivity contribution in [3.05, 3.63) is 12.3 Å². The number of hydrogen-bond donors (Lipinski definition) is 0. The van der Waals surface area contributed by atoms with Crippen molar-refractivity contribution in [2.45, 2.75) is 142 Å². The molecule has 192 valence electrons. The molecule has 0 fully saturated rings. The number of ether oxygens (including phenoxy) is 4. The lowest BCUT2D eigenvalue weighted by atomic mass is 10.1. The molecular weight excluding hydrogens is 400 g/mol. The van der Waals surface area contributed by atoms with Gasteiger partial charge in [-0.2, -0.15) is 0 Å². The number of hydrogen-bond acceptors (Lipinski definition) is 4. The van der Waals surface area contributed by atoms with Crippen molar-refractivity contribution in [1.29, 1.82) is 0 Å². The molecule has 0 aliphatic rings. The van der Waals surface area contributed by atoms with Crippen LogP contribution in [0.15, 0.2) is 12.3 Å². The molecule has 0 saturated carbocycles. The van der Waals surface area contributed by atoms with E-state index in [4.69, 9.17) is 18.9 Å². The minimum Gasteiger partial charge on any atom is -0.476 e. The van der Waals surface area contributed by atoms with E-state index < -0.39 is 0 Å². The van der Waals surface area contributed by atoms with Gasteiger partial charge in [0.2, 0.25) is 0 Å². The summed E-state index contributed by atoms with van der Waals surface area (Å²) in [7, 11) is 1.64. The van der Waals surface area contributed by atoms with Crippen LogP contribution in [-0.4, -0.2) is 33.4 Å². The van der Waals surface area contributed by atoms with Crippen molar-refractivity contribution in [3.8, 4) is 0 Å². The highest BCUT2D eigenvalue weighted by Crippen LogP contribution is 2.15. The first-order chi connectivity index (χ1) is 15.8. The molecule has 0 aromatic carbocycles. The van der Waals surface area contributed by atoms with Gasteiger partial charge in [0.1, 0.15) is 0 Å². The SMILES string of the molecule is CCCCCCOC(CCCCCCCCCCCC=COCOC)OCCCCCC. The molecule has 0 aliphatic heterocycles. The van der Waals surface area contributed by atoms with Gasteiger partial charge in [-0.25, -0.2) is 0 Å². The van der Waals surface area contributed by atoms with E-state index in [9.17, 15) is 0 Å². The molecule has 0 rings (SSSR count). The van der Waals surface area contributed by atoms with Gasteiger partial charge in [-0.1, -0.05) is 97.3 Å². The second-order valence-electron chi connectivity index (χ2n) is 9.00. The lowest BCUT2D eigenvalue weighted by Gasteiger charge is -2.19. The Balaban J connectivity index is 3.61. The Labute approximate surface area is 200 Å². The first kappa shape index (κ1) is 31.4. The van der Waals surface area contributed by atoms with Gasteiger partial charge in [-0.15, -0.1) is 0 Å². The van der Waals surface area contributed by atoms with E-state index in [1.807, 2.05) is 0 Å². The summed E-state index contributed by atoms with van der Waals surface area (Å²) in [6, 6.07) is 0. The molecule has 0 aromatic heterocycles. The standard InChI is InChI=1S/C28H56O4/c1-4-6-8-21-25-31-28(32-26-22-9-7-5-2)23-19-17-15-13-11-10-12-14-16-18-20-24-30-27-29-3/h20,24,28H,4-19,21-23,25-27H2,1-3H3. The Hall–Kier alpha value is -0.580.